The molecule has 77 heavy (non-hydrogen) atoms. The summed E-state index contributed by atoms with van der Waals surface area (Å²) in [6.07, 6.45) is 5.44. The molecule has 0 aliphatic carbocycles. The average molecular weight is 1000 g/mol. The highest BCUT2D eigenvalue weighted by molar-refractivity contribution is 6.12. The van der Waals surface area contributed by atoms with Crippen molar-refractivity contribution >= 4 is 54.6 Å². The number of aromatic nitrogens is 5. The van der Waals surface area contributed by atoms with Crippen LogP contribution in [-0.2, 0) is 0 Å². The van der Waals surface area contributed by atoms with Gasteiger partial charge in [-0.1, -0.05) is 184 Å². The lowest BCUT2D eigenvalue weighted by atomic mass is 9.91. The Balaban J connectivity index is 0.953. The van der Waals surface area contributed by atoms with Gasteiger partial charge in [0.1, 0.15) is 17.3 Å². The van der Waals surface area contributed by atoms with Gasteiger partial charge in [0, 0.05) is 39.5 Å². The van der Waals surface area contributed by atoms with Gasteiger partial charge < -0.3 is 9.30 Å². The van der Waals surface area contributed by atoms with Crippen LogP contribution in [-0.4, -0.2) is 18.7 Å². The van der Waals surface area contributed by atoms with Crippen molar-refractivity contribution < 1.29 is 23.0 Å². The second-order valence-electron chi connectivity index (χ2n) is 19.7. The van der Waals surface area contributed by atoms with E-state index >= 15 is 0 Å². The molecular weight excluding hydrogens is 939 g/mol. The first-order valence-corrected chi connectivity index (χ1v) is 25.7. The zero-order valence-corrected chi connectivity index (χ0v) is 42.3. The molecule has 0 aliphatic rings. The van der Waals surface area contributed by atoms with Crippen LogP contribution in [0.15, 0.2) is 255 Å². The highest BCUT2D eigenvalue weighted by atomic mass is 16.5. The molecule has 1 unspecified atom stereocenters. The van der Waals surface area contributed by atoms with Gasteiger partial charge in [-0.25, -0.2) is 4.98 Å². The maximum Gasteiger partial charge on any atom is 0.269 e. The molecule has 4 aromatic heterocycles. The summed E-state index contributed by atoms with van der Waals surface area (Å²) in [6, 6.07) is 56.7. The zero-order chi connectivity index (χ0) is 60.3. The van der Waals surface area contributed by atoms with Gasteiger partial charge in [-0.15, -0.1) is 0 Å². The smallest absolute Gasteiger partial charge is 0.269 e. The largest absolute Gasteiger partial charge is 0.458 e. The molecule has 0 bridgehead atoms. The second-order valence-corrected chi connectivity index (χ2v) is 19.7. The fourth-order valence-corrected chi connectivity index (χ4v) is 10.9. The van der Waals surface area contributed by atoms with Gasteiger partial charge in [0.25, 0.3) is 6.33 Å². The number of nitrogens with zero attached hydrogens (tertiary/aromatic N) is 5. The minimum atomic E-state index is -0.576. The minimum Gasteiger partial charge on any atom is -0.458 e. The fourth-order valence-electron chi connectivity index (χ4n) is 10.9. The molecule has 6 heteroatoms. The molecule has 0 radical (unpaired) electrons. The maximum absolute atomic E-state index is 9.23. The third-order valence-electron chi connectivity index (χ3n) is 15.0. The average Bonchev–Trinajstić information content (AvgIpc) is 1.86. The Morgan fingerprint density at radius 3 is 1.82 bits per heavy atom. The SMILES string of the molecule is [2H]c1c([2H])c([2H])c(-c2cccc(-c3c([2H])c([2H])c([2H])c([2H])c3[2H])c2-[n+]2[c-]n(-c3cccc(Oc4ccc5c6cc(-n7c8ccccc8c8ccccc87)ccc6n(-c6cc(C(C)C(C)C)ccn6)c5c4)c3)c3ccc(-c4ccccc4)cc32)c([2H])c1[2H]. The maximum atomic E-state index is 9.23. The molecule has 6 nitrogen and oxygen atoms in total. The molecule has 0 N–H and O–H groups in total. The number of pyridine rings is 1. The highest BCUT2D eigenvalue weighted by Gasteiger charge is 2.23. The summed E-state index contributed by atoms with van der Waals surface area (Å²) < 4.78 is 104. The van der Waals surface area contributed by atoms with Gasteiger partial charge >= 0.3 is 0 Å². The first kappa shape index (κ1) is 36.2. The lowest BCUT2D eigenvalue weighted by molar-refractivity contribution is -0.571. The van der Waals surface area contributed by atoms with Gasteiger partial charge in [-0.2, -0.15) is 0 Å². The van der Waals surface area contributed by atoms with Crippen LogP contribution >= 0.6 is 0 Å². The Morgan fingerprint density at radius 2 is 1.10 bits per heavy atom. The summed E-state index contributed by atoms with van der Waals surface area (Å²) in [5.74, 6) is 2.53. The Hall–Kier alpha value is -9.78. The van der Waals surface area contributed by atoms with E-state index in [1.165, 1.54) is 16.3 Å². The second kappa shape index (κ2) is 18.9. The normalized spacial score (nSPS) is 14.0. The molecule has 0 spiro atoms. The van der Waals surface area contributed by atoms with E-state index in [0.29, 0.717) is 34.1 Å². The van der Waals surface area contributed by atoms with Gasteiger partial charge in [0.05, 0.1) is 58.2 Å². The highest BCUT2D eigenvalue weighted by Crippen LogP contribution is 2.40. The lowest BCUT2D eigenvalue weighted by Crippen LogP contribution is -2.31. The van der Waals surface area contributed by atoms with Crippen molar-refractivity contribution in [3.05, 3.63) is 267 Å². The van der Waals surface area contributed by atoms with Crippen LogP contribution in [0.25, 0.3) is 111 Å². The summed E-state index contributed by atoms with van der Waals surface area (Å²) >= 11 is 0. The van der Waals surface area contributed by atoms with Crippen LogP contribution < -0.4 is 9.30 Å². The van der Waals surface area contributed by atoms with E-state index in [2.05, 4.69) is 127 Å². The Labute approximate surface area is 461 Å². The monoisotopic (exact) mass is 1000 g/mol. The predicted molar refractivity (Wildman–Crippen MR) is 316 cm³/mol. The van der Waals surface area contributed by atoms with Crippen LogP contribution in [0.4, 0.5) is 0 Å². The number of benzene rings is 10. The van der Waals surface area contributed by atoms with Crippen LogP contribution in [0.3, 0.4) is 0 Å². The van der Waals surface area contributed by atoms with Crippen molar-refractivity contribution in [2.24, 2.45) is 5.92 Å². The topological polar surface area (TPSA) is 40.8 Å². The zero-order valence-electron chi connectivity index (χ0n) is 52.3. The van der Waals surface area contributed by atoms with Crippen molar-refractivity contribution in [1.82, 2.24) is 18.7 Å². The minimum absolute atomic E-state index is 0.144. The molecule has 10 aromatic carbocycles. The first-order valence-electron chi connectivity index (χ1n) is 30.7. The molecule has 0 amide bonds. The summed E-state index contributed by atoms with van der Waals surface area (Å²) in [5.41, 5.74) is 9.98. The van der Waals surface area contributed by atoms with Gasteiger partial charge in [0.2, 0.25) is 0 Å². The van der Waals surface area contributed by atoms with Crippen molar-refractivity contribution in [3.63, 3.8) is 0 Å². The number of hydrogen-bond donors (Lipinski definition) is 0. The van der Waals surface area contributed by atoms with Crippen LogP contribution in [0.2, 0.25) is 0 Å². The quantitative estimate of drug-likeness (QED) is 0.0957. The molecule has 14 rings (SSSR count). The van der Waals surface area contributed by atoms with Gasteiger partial charge in [-0.05, 0) is 130 Å². The van der Waals surface area contributed by atoms with Crippen molar-refractivity contribution in [2.45, 2.75) is 26.7 Å². The molecule has 0 aliphatic heterocycles. The Bertz CT molecular complexity index is 4970. The van der Waals surface area contributed by atoms with E-state index in [0.717, 1.165) is 55.5 Å². The summed E-state index contributed by atoms with van der Waals surface area (Å²) in [5, 5.41) is 4.42. The Morgan fingerprint density at radius 1 is 0.468 bits per heavy atom. The molecule has 0 saturated carbocycles. The van der Waals surface area contributed by atoms with E-state index < -0.39 is 60.4 Å². The number of fused-ring (bicyclic) bond motifs is 7. The molecule has 0 saturated heterocycles. The van der Waals surface area contributed by atoms with E-state index in [1.807, 2.05) is 89.6 Å². The molecular formula is C71H53N5O. The fraction of sp³-hybridized carbons (Fsp3) is 0.0704. The third-order valence-corrected chi connectivity index (χ3v) is 15.0. The summed E-state index contributed by atoms with van der Waals surface area (Å²) in [4.78, 5) is 5.02. The number of hydrogen-bond acceptors (Lipinski definition) is 2. The number of ether oxygens (including phenoxy) is 1. The molecule has 4 heterocycles. The van der Waals surface area contributed by atoms with E-state index in [9.17, 15) is 5.48 Å². The van der Waals surface area contributed by atoms with Gasteiger partial charge in [0.15, 0.2) is 0 Å². The molecule has 14 aromatic rings. The van der Waals surface area contributed by atoms with Crippen molar-refractivity contribution in [3.8, 4) is 67.8 Å². The number of para-hydroxylation sites is 3. The van der Waals surface area contributed by atoms with Crippen LogP contribution in [0, 0.1) is 12.2 Å². The summed E-state index contributed by atoms with van der Waals surface area (Å²) in [7, 11) is 0. The Kier molecular flexibility index (Phi) is 8.87. The molecule has 368 valence electrons. The predicted octanol–water partition coefficient (Wildman–Crippen LogP) is 17.8. The lowest BCUT2D eigenvalue weighted by Gasteiger charge is -2.17. The van der Waals surface area contributed by atoms with E-state index in [4.69, 9.17) is 17.9 Å². The van der Waals surface area contributed by atoms with Crippen LogP contribution in [0.5, 0.6) is 11.5 Å². The van der Waals surface area contributed by atoms with Crippen molar-refractivity contribution in [2.75, 3.05) is 0 Å². The number of rotatable bonds is 11. The van der Waals surface area contributed by atoms with Crippen LogP contribution in [0.1, 0.15) is 46.0 Å². The number of imidazole rings is 1. The van der Waals surface area contributed by atoms with E-state index in [-0.39, 0.29) is 33.9 Å². The van der Waals surface area contributed by atoms with Crippen molar-refractivity contribution in [1.29, 1.82) is 0 Å². The van der Waals surface area contributed by atoms with Gasteiger partial charge in [-0.3, -0.25) is 13.7 Å². The third kappa shape index (κ3) is 7.96. The summed E-state index contributed by atoms with van der Waals surface area (Å²) in [6.45, 7) is 6.71. The van der Waals surface area contributed by atoms with E-state index in [1.54, 1.807) is 22.8 Å². The molecule has 0 fully saturated rings. The standard InChI is InChI=1S/C71H53N5O/c1-47(2)48(3)52-39-40-72-70(42-52)76-66-38-34-55(75-64-31-15-13-27-60(64)61-28-14-16-32-65(61)75)44-63(66)62-36-35-57(45-68(62)76)77-56-26-17-25-54(43-56)73-46-74(69-41-53(33-37-67(69)73)49-19-7-4-8-20-49)71-58(50-21-9-5-10-22-50)29-18-30-59(71)51-23-11-6-12-24-51/h4-45,47-48H,1-3H3/i5D,6D,9D,10D,11D,12D,21D,22D,23D,24D. The molecule has 1 atom stereocenters. The first-order chi connectivity index (χ1) is 42.1.